The van der Waals surface area contributed by atoms with Gasteiger partial charge in [0.05, 0.1) is 0 Å². The van der Waals surface area contributed by atoms with Crippen molar-refractivity contribution >= 4 is 16.7 Å². The molecule has 0 amide bonds. The highest BCUT2D eigenvalue weighted by Gasteiger charge is 2.10. The van der Waals surface area contributed by atoms with Crippen LogP contribution in [0.4, 0.5) is 5.69 Å². The molecule has 0 aliphatic carbocycles. The highest BCUT2D eigenvalue weighted by atomic mass is 16.4. The van der Waals surface area contributed by atoms with E-state index in [9.17, 15) is 15.0 Å². The molecular formula is C17H15NO4. The molecule has 0 aliphatic rings. The summed E-state index contributed by atoms with van der Waals surface area (Å²) in [7, 11) is 0. The molecule has 0 radical (unpaired) electrons. The number of aromatic hydroxyl groups is 2. The van der Waals surface area contributed by atoms with Gasteiger partial charge in [0, 0.05) is 29.8 Å². The summed E-state index contributed by atoms with van der Waals surface area (Å²) in [6, 6.07) is 11.8. The molecule has 0 saturated carbocycles. The Labute approximate surface area is 126 Å². The summed E-state index contributed by atoms with van der Waals surface area (Å²) in [6.07, 6.45) is 0. The fraction of sp³-hybridized carbons (Fsp3) is 0.118. The summed E-state index contributed by atoms with van der Waals surface area (Å²) in [5.41, 5.74) is 2.48. The van der Waals surface area contributed by atoms with Gasteiger partial charge in [-0.3, -0.25) is 0 Å². The van der Waals surface area contributed by atoms with E-state index in [1.54, 1.807) is 0 Å². The van der Waals surface area contributed by atoms with Crippen molar-refractivity contribution in [2.45, 2.75) is 13.5 Å². The van der Waals surface area contributed by atoms with E-state index in [-0.39, 0.29) is 17.1 Å². The molecule has 22 heavy (non-hydrogen) atoms. The molecule has 5 nitrogen and oxygen atoms in total. The lowest BCUT2D eigenvalue weighted by Crippen LogP contribution is -2.06. The van der Waals surface area contributed by atoms with Gasteiger partial charge in [0.15, 0.2) is 11.5 Å². The predicted molar refractivity (Wildman–Crippen MR) is 84.3 cm³/mol. The quantitative estimate of drug-likeness (QED) is 0.511. The average Bonchev–Trinajstić information content (AvgIpc) is 2.48. The van der Waals surface area contributed by atoms with Crippen LogP contribution < -0.4 is 10.9 Å². The number of hydrogen-bond donors (Lipinski definition) is 3. The first-order valence-corrected chi connectivity index (χ1v) is 6.83. The van der Waals surface area contributed by atoms with Gasteiger partial charge in [0.25, 0.3) is 0 Å². The van der Waals surface area contributed by atoms with Crippen molar-refractivity contribution in [3.05, 3.63) is 64.0 Å². The van der Waals surface area contributed by atoms with Crippen molar-refractivity contribution in [1.29, 1.82) is 0 Å². The monoisotopic (exact) mass is 297 g/mol. The summed E-state index contributed by atoms with van der Waals surface area (Å²) in [5, 5.41) is 23.0. The summed E-state index contributed by atoms with van der Waals surface area (Å²) >= 11 is 0. The number of phenolic OH excluding ortho intramolecular Hbond substituents is 2. The number of benzene rings is 2. The largest absolute Gasteiger partial charge is 0.504 e. The van der Waals surface area contributed by atoms with Crippen molar-refractivity contribution in [3.63, 3.8) is 0 Å². The van der Waals surface area contributed by atoms with Crippen LogP contribution in [-0.2, 0) is 6.54 Å². The third kappa shape index (κ3) is 2.61. The minimum atomic E-state index is -0.501. The van der Waals surface area contributed by atoms with Crippen LogP contribution in [0.2, 0.25) is 0 Å². The van der Waals surface area contributed by atoms with Crippen molar-refractivity contribution in [2.24, 2.45) is 0 Å². The topological polar surface area (TPSA) is 82.7 Å². The molecule has 1 heterocycles. The van der Waals surface area contributed by atoms with Crippen LogP contribution in [0, 0.1) is 6.92 Å². The van der Waals surface area contributed by atoms with Gasteiger partial charge in [-0.2, -0.15) is 0 Å². The number of nitrogens with one attached hydrogen (secondary N) is 1. The molecule has 2 aromatic carbocycles. The van der Waals surface area contributed by atoms with Crippen LogP contribution in [0.1, 0.15) is 11.1 Å². The molecule has 0 saturated heterocycles. The van der Waals surface area contributed by atoms with E-state index >= 15 is 0 Å². The molecule has 3 aromatic rings. The molecule has 1 aromatic heterocycles. The molecule has 3 rings (SSSR count). The summed E-state index contributed by atoms with van der Waals surface area (Å²) < 4.78 is 5.06. The normalized spacial score (nSPS) is 10.8. The van der Waals surface area contributed by atoms with E-state index < -0.39 is 5.63 Å². The Bertz CT molecular complexity index is 899. The Morgan fingerprint density at radius 2 is 1.82 bits per heavy atom. The second-order valence-corrected chi connectivity index (χ2v) is 5.10. The van der Waals surface area contributed by atoms with E-state index in [0.29, 0.717) is 17.5 Å². The van der Waals surface area contributed by atoms with E-state index in [1.807, 2.05) is 31.2 Å². The van der Waals surface area contributed by atoms with Crippen molar-refractivity contribution in [2.75, 3.05) is 5.32 Å². The summed E-state index contributed by atoms with van der Waals surface area (Å²) in [4.78, 5) is 11.6. The number of aryl methyl sites for hydroxylation is 1. The third-order valence-electron chi connectivity index (χ3n) is 3.54. The van der Waals surface area contributed by atoms with Crippen molar-refractivity contribution < 1.29 is 14.6 Å². The van der Waals surface area contributed by atoms with Crippen LogP contribution in [0.15, 0.2) is 51.7 Å². The van der Waals surface area contributed by atoms with Crippen LogP contribution in [0.25, 0.3) is 11.0 Å². The number of rotatable bonds is 3. The summed E-state index contributed by atoms with van der Waals surface area (Å²) in [5.74, 6) is -0.571. The van der Waals surface area contributed by atoms with Gasteiger partial charge >= 0.3 is 5.63 Å². The number of para-hydroxylation sites is 1. The van der Waals surface area contributed by atoms with Gasteiger partial charge in [-0.25, -0.2) is 4.79 Å². The van der Waals surface area contributed by atoms with Crippen molar-refractivity contribution in [1.82, 2.24) is 0 Å². The highest BCUT2D eigenvalue weighted by Crippen LogP contribution is 2.31. The fourth-order valence-electron chi connectivity index (χ4n) is 2.36. The Kier molecular flexibility index (Phi) is 3.47. The number of anilines is 1. The fourth-order valence-corrected chi connectivity index (χ4v) is 2.36. The van der Waals surface area contributed by atoms with Gasteiger partial charge in [-0.1, -0.05) is 18.2 Å². The van der Waals surface area contributed by atoms with Crippen LogP contribution in [0.3, 0.4) is 0 Å². The lowest BCUT2D eigenvalue weighted by molar-refractivity contribution is 0.403. The Balaban J connectivity index is 2.01. The van der Waals surface area contributed by atoms with E-state index in [4.69, 9.17) is 4.42 Å². The van der Waals surface area contributed by atoms with E-state index in [1.165, 1.54) is 18.2 Å². The molecule has 112 valence electrons. The minimum Gasteiger partial charge on any atom is -0.504 e. The number of fused-ring (bicyclic) bond motifs is 1. The van der Waals surface area contributed by atoms with Gasteiger partial charge < -0.3 is 19.9 Å². The van der Waals surface area contributed by atoms with Crippen LogP contribution >= 0.6 is 0 Å². The van der Waals surface area contributed by atoms with Gasteiger partial charge in [-0.15, -0.1) is 0 Å². The zero-order chi connectivity index (χ0) is 15.7. The standard InChI is InChI=1S/C17H15NO4/c1-10-4-2-3-5-13(10)18-9-11-6-17(21)22-16-8-15(20)14(19)7-12(11)16/h2-8,18-20H,9H2,1H3. The average molecular weight is 297 g/mol. The number of hydrogen-bond acceptors (Lipinski definition) is 5. The molecule has 0 fully saturated rings. The molecule has 5 heteroatoms. The Hall–Kier alpha value is -2.95. The molecule has 0 unspecified atom stereocenters. The highest BCUT2D eigenvalue weighted by molar-refractivity contribution is 5.84. The molecule has 0 atom stereocenters. The second kappa shape index (κ2) is 5.44. The van der Waals surface area contributed by atoms with Gasteiger partial charge in [-0.05, 0) is 30.2 Å². The maximum atomic E-state index is 11.6. The van der Waals surface area contributed by atoms with Crippen LogP contribution in [0.5, 0.6) is 11.5 Å². The molecule has 0 aliphatic heterocycles. The first-order valence-electron chi connectivity index (χ1n) is 6.83. The van der Waals surface area contributed by atoms with E-state index in [2.05, 4.69) is 5.32 Å². The molecular weight excluding hydrogens is 282 g/mol. The molecule has 0 bridgehead atoms. The first-order chi connectivity index (χ1) is 10.5. The Morgan fingerprint density at radius 1 is 1.09 bits per heavy atom. The van der Waals surface area contributed by atoms with E-state index in [0.717, 1.165) is 11.3 Å². The maximum Gasteiger partial charge on any atom is 0.336 e. The summed E-state index contributed by atoms with van der Waals surface area (Å²) in [6.45, 7) is 2.39. The molecule has 0 spiro atoms. The maximum absolute atomic E-state index is 11.6. The van der Waals surface area contributed by atoms with Crippen molar-refractivity contribution in [3.8, 4) is 11.5 Å². The zero-order valence-electron chi connectivity index (χ0n) is 12.0. The predicted octanol–water partition coefficient (Wildman–Crippen LogP) is 3.12. The lowest BCUT2D eigenvalue weighted by Gasteiger charge is -2.11. The van der Waals surface area contributed by atoms with Gasteiger partial charge in [0.1, 0.15) is 5.58 Å². The SMILES string of the molecule is Cc1ccccc1NCc1cc(=O)oc2cc(O)c(O)cc12. The van der Waals surface area contributed by atoms with Crippen LogP contribution in [-0.4, -0.2) is 10.2 Å². The Morgan fingerprint density at radius 3 is 2.59 bits per heavy atom. The number of phenols is 2. The zero-order valence-corrected chi connectivity index (χ0v) is 12.0. The molecule has 3 N–H and O–H groups in total. The smallest absolute Gasteiger partial charge is 0.336 e. The third-order valence-corrected chi connectivity index (χ3v) is 3.54. The minimum absolute atomic E-state index is 0.240. The lowest BCUT2D eigenvalue weighted by atomic mass is 10.1. The first kappa shape index (κ1) is 14.0. The van der Waals surface area contributed by atoms with Gasteiger partial charge in [0.2, 0.25) is 0 Å². The second-order valence-electron chi connectivity index (χ2n) is 5.10.